The maximum Gasteiger partial charge on any atom is 0.221 e. The predicted octanol–water partition coefficient (Wildman–Crippen LogP) is 4.87. The van der Waals surface area contributed by atoms with E-state index in [1.165, 1.54) is 24.3 Å². The first-order chi connectivity index (χ1) is 12.5. The average molecular weight is 369 g/mol. The lowest BCUT2D eigenvalue weighted by atomic mass is 10.1. The number of aromatic nitrogens is 3. The first kappa shape index (κ1) is 16.4. The zero-order chi connectivity index (χ0) is 18.3. The number of halogens is 3. The van der Waals surface area contributed by atoms with Gasteiger partial charge in [0.25, 0.3) is 0 Å². The molecule has 0 spiro atoms. The van der Waals surface area contributed by atoms with Gasteiger partial charge in [0.2, 0.25) is 5.95 Å². The van der Waals surface area contributed by atoms with E-state index in [9.17, 15) is 8.78 Å². The number of pyridine rings is 1. The van der Waals surface area contributed by atoms with Crippen molar-refractivity contribution < 1.29 is 8.78 Å². The molecule has 128 valence electrons. The molecule has 4 nitrogen and oxygen atoms in total. The van der Waals surface area contributed by atoms with Crippen molar-refractivity contribution in [2.24, 2.45) is 0 Å². The van der Waals surface area contributed by atoms with Crippen LogP contribution < -0.4 is 5.73 Å². The Bertz CT molecular complexity index is 1150. The highest BCUT2D eigenvalue weighted by atomic mass is 35.5. The zero-order valence-electron chi connectivity index (χ0n) is 13.2. The molecule has 0 fully saturated rings. The molecule has 0 aliphatic carbocycles. The minimum atomic E-state index is -0.387. The molecular formula is C19H11ClF2N4. The van der Waals surface area contributed by atoms with Crippen molar-refractivity contribution in [2.45, 2.75) is 0 Å². The monoisotopic (exact) mass is 368 g/mol. The fourth-order valence-electron chi connectivity index (χ4n) is 2.70. The molecule has 2 heterocycles. The summed E-state index contributed by atoms with van der Waals surface area (Å²) in [4.78, 5) is 12.6. The molecule has 0 bridgehead atoms. The highest BCUT2D eigenvalue weighted by Crippen LogP contribution is 2.31. The molecule has 7 heteroatoms. The Morgan fingerprint density at radius 3 is 2.38 bits per heavy atom. The summed E-state index contributed by atoms with van der Waals surface area (Å²) in [6.07, 6.45) is 0. The van der Waals surface area contributed by atoms with Crippen LogP contribution in [0.5, 0.6) is 0 Å². The van der Waals surface area contributed by atoms with Crippen LogP contribution >= 0.6 is 11.6 Å². The van der Waals surface area contributed by atoms with Crippen molar-refractivity contribution in [1.29, 1.82) is 0 Å². The number of rotatable bonds is 2. The molecule has 26 heavy (non-hydrogen) atoms. The Balaban J connectivity index is 1.90. The molecule has 4 aromatic rings. The number of benzene rings is 2. The van der Waals surface area contributed by atoms with Gasteiger partial charge in [-0.1, -0.05) is 23.7 Å². The molecule has 0 saturated carbocycles. The van der Waals surface area contributed by atoms with E-state index < -0.39 is 0 Å². The first-order valence-corrected chi connectivity index (χ1v) is 8.04. The fourth-order valence-corrected chi connectivity index (χ4v) is 2.95. The Morgan fingerprint density at radius 1 is 0.808 bits per heavy atom. The number of nitrogens with zero attached hydrogens (tertiary/aromatic N) is 3. The number of nitrogens with two attached hydrogens (primary N) is 1. The third kappa shape index (κ3) is 3.07. The SMILES string of the molecule is Nc1nc(-c2cccc(F)c2)cc(-c2cc3cc(F)ccc3nc2Cl)n1. The highest BCUT2D eigenvalue weighted by molar-refractivity contribution is 6.32. The van der Waals surface area contributed by atoms with Gasteiger partial charge in [-0.25, -0.2) is 23.7 Å². The second-order valence-corrected chi connectivity index (χ2v) is 6.03. The molecule has 0 aliphatic heterocycles. The van der Waals surface area contributed by atoms with E-state index in [4.69, 9.17) is 17.3 Å². The Kier molecular flexibility index (Phi) is 3.97. The number of nitrogen functional groups attached to an aromatic ring is 1. The summed E-state index contributed by atoms with van der Waals surface area (Å²) in [6.45, 7) is 0. The van der Waals surface area contributed by atoms with Gasteiger partial charge in [0.05, 0.1) is 16.9 Å². The molecule has 2 aromatic carbocycles. The van der Waals surface area contributed by atoms with Crippen LogP contribution in [0.3, 0.4) is 0 Å². The van der Waals surface area contributed by atoms with Gasteiger partial charge in [0.1, 0.15) is 16.8 Å². The minimum absolute atomic E-state index is 0.0113. The maximum absolute atomic E-state index is 13.5. The average Bonchev–Trinajstić information content (AvgIpc) is 2.61. The van der Waals surface area contributed by atoms with Crippen LogP contribution in [-0.2, 0) is 0 Å². The number of hydrogen-bond donors (Lipinski definition) is 1. The van der Waals surface area contributed by atoms with Crippen LogP contribution in [0.1, 0.15) is 0 Å². The van der Waals surface area contributed by atoms with Crippen LogP contribution in [0.4, 0.5) is 14.7 Å². The summed E-state index contributed by atoms with van der Waals surface area (Å²) in [5.74, 6) is -0.755. The molecule has 0 saturated heterocycles. The summed E-state index contributed by atoms with van der Waals surface area (Å²) in [6, 6.07) is 13.5. The van der Waals surface area contributed by atoms with Crippen LogP contribution in [0, 0.1) is 11.6 Å². The first-order valence-electron chi connectivity index (χ1n) is 7.66. The highest BCUT2D eigenvalue weighted by Gasteiger charge is 2.13. The molecule has 4 rings (SSSR count). The van der Waals surface area contributed by atoms with Crippen molar-refractivity contribution >= 4 is 28.5 Å². The molecule has 0 amide bonds. The number of fused-ring (bicyclic) bond motifs is 1. The van der Waals surface area contributed by atoms with Crippen LogP contribution in [0.2, 0.25) is 5.15 Å². The van der Waals surface area contributed by atoms with Gasteiger partial charge in [-0.05, 0) is 42.5 Å². The van der Waals surface area contributed by atoms with Crippen LogP contribution in [-0.4, -0.2) is 15.0 Å². The van der Waals surface area contributed by atoms with Crippen molar-refractivity contribution in [3.63, 3.8) is 0 Å². The van der Waals surface area contributed by atoms with Crippen molar-refractivity contribution in [2.75, 3.05) is 5.73 Å². The molecule has 0 atom stereocenters. The lowest BCUT2D eigenvalue weighted by Gasteiger charge is -2.09. The smallest absolute Gasteiger partial charge is 0.221 e. The van der Waals surface area contributed by atoms with E-state index in [-0.39, 0.29) is 22.7 Å². The van der Waals surface area contributed by atoms with Gasteiger partial charge < -0.3 is 5.73 Å². The van der Waals surface area contributed by atoms with Gasteiger partial charge in [-0.15, -0.1) is 0 Å². The third-order valence-corrected chi connectivity index (χ3v) is 4.16. The summed E-state index contributed by atoms with van der Waals surface area (Å²) in [5, 5.41) is 0.779. The number of hydrogen-bond acceptors (Lipinski definition) is 4. The Hall–Kier alpha value is -3.12. The second kappa shape index (κ2) is 6.31. The zero-order valence-corrected chi connectivity index (χ0v) is 14.0. The summed E-state index contributed by atoms with van der Waals surface area (Å²) >= 11 is 6.29. The van der Waals surface area contributed by atoms with Gasteiger partial charge in [0.15, 0.2) is 0 Å². The molecule has 0 radical (unpaired) electrons. The molecule has 0 unspecified atom stereocenters. The van der Waals surface area contributed by atoms with Crippen molar-refractivity contribution in [3.8, 4) is 22.5 Å². The third-order valence-electron chi connectivity index (χ3n) is 3.87. The van der Waals surface area contributed by atoms with Crippen molar-refractivity contribution in [3.05, 3.63) is 71.4 Å². The summed E-state index contributed by atoms with van der Waals surface area (Å²) < 4.78 is 27.0. The molecule has 0 aliphatic rings. The summed E-state index contributed by atoms with van der Waals surface area (Å²) in [5.41, 5.74) is 8.28. The molecular weight excluding hydrogens is 358 g/mol. The lowest BCUT2D eigenvalue weighted by Crippen LogP contribution is -1.99. The normalized spacial score (nSPS) is 11.0. The van der Waals surface area contributed by atoms with E-state index in [1.807, 2.05) is 0 Å². The lowest BCUT2D eigenvalue weighted by molar-refractivity contribution is 0.628. The van der Waals surface area contributed by atoms with Gasteiger partial charge in [-0.3, -0.25) is 0 Å². The Morgan fingerprint density at radius 2 is 1.58 bits per heavy atom. The second-order valence-electron chi connectivity index (χ2n) is 5.67. The quantitative estimate of drug-likeness (QED) is 0.512. The van der Waals surface area contributed by atoms with E-state index in [0.717, 1.165) is 0 Å². The van der Waals surface area contributed by atoms with Crippen LogP contribution in [0.15, 0.2) is 54.6 Å². The minimum Gasteiger partial charge on any atom is -0.368 e. The van der Waals surface area contributed by atoms with E-state index in [0.29, 0.717) is 33.4 Å². The van der Waals surface area contributed by atoms with Gasteiger partial charge >= 0.3 is 0 Å². The van der Waals surface area contributed by atoms with Gasteiger partial charge in [0, 0.05) is 16.5 Å². The topological polar surface area (TPSA) is 64.7 Å². The fraction of sp³-hybridized carbons (Fsp3) is 0. The maximum atomic E-state index is 13.5. The number of anilines is 1. The standard InChI is InChI=1S/C19H11ClF2N4/c20-18-14(8-11-7-13(22)4-5-15(11)24-18)17-9-16(25-19(23)26-17)10-2-1-3-12(21)6-10/h1-9H,(H2,23,25,26). The summed E-state index contributed by atoms with van der Waals surface area (Å²) in [7, 11) is 0. The Labute approximate surface area is 152 Å². The molecule has 2 aromatic heterocycles. The molecule has 2 N–H and O–H groups in total. The predicted molar refractivity (Wildman–Crippen MR) is 97.5 cm³/mol. The van der Waals surface area contributed by atoms with Gasteiger partial charge in [-0.2, -0.15) is 0 Å². The van der Waals surface area contributed by atoms with E-state index in [1.54, 1.807) is 30.3 Å². The van der Waals surface area contributed by atoms with Crippen LogP contribution in [0.25, 0.3) is 33.4 Å². The van der Waals surface area contributed by atoms with Crippen molar-refractivity contribution in [1.82, 2.24) is 15.0 Å². The van der Waals surface area contributed by atoms with E-state index >= 15 is 0 Å². The van der Waals surface area contributed by atoms with E-state index in [2.05, 4.69) is 15.0 Å². The largest absolute Gasteiger partial charge is 0.368 e.